The molecular formula is C8H7F2NO2. The molecule has 70 valence electrons. The zero-order valence-corrected chi connectivity index (χ0v) is 6.80. The van der Waals surface area contributed by atoms with Gasteiger partial charge in [0.1, 0.15) is 5.75 Å². The molecule has 0 fully saturated rings. The minimum Gasteiger partial charge on any atom is -0.497 e. The van der Waals surface area contributed by atoms with E-state index in [1.807, 2.05) is 0 Å². The molecule has 1 aromatic rings. The molecule has 0 aromatic heterocycles. The average Bonchev–Trinajstić information content (AvgIpc) is 2.09. The monoisotopic (exact) mass is 187 g/mol. The molecule has 0 heterocycles. The summed E-state index contributed by atoms with van der Waals surface area (Å²) in [6, 6.07) is 1.88. The van der Waals surface area contributed by atoms with Crippen molar-refractivity contribution in [2.75, 3.05) is 7.11 Å². The summed E-state index contributed by atoms with van der Waals surface area (Å²) in [5, 5.41) is 0. The van der Waals surface area contributed by atoms with Crippen LogP contribution in [0.5, 0.6) is 5.75 Å². The van der Waals surface area contributed by atoms with E-state index in [0.29, 0.717) is 0 Å². The second-order valence-electron chi connectivity index (χ2n) is 2.34. The molecule has 1 rings (SSSR count). The summed E-state index contributed by atoms with van der Waals surface area (Å²) in [5.74, 6) is -3.40. The number of nitrogens with two attached hydrogens (primary N) is 1. The van der Waals surface area contributed by atoms with Crippen molar-refractivity contribution < 1.29 is 18.3 Å². The van der Waals surface area contributed by atoms with E-state index in [4.69, 9.17) is 5.73 Å². The van der Waals surface area contributed by atoms with Crippen LogP contribution in [0.25, 0.3) is 0 Å². The number of rotatable bonds is 2. The molecule has 5 heteroatoms. The Balaban J connectivity index is 3.33. The van der Waals surface area contributed by atoms with Crippen molar-refractivity contribution in [3.8, 4) is 5.75 Å². The van der Waals surface area contributed by atoms with Gasteiger partial charge in [-0.15, -0.1) is 0 Å². The third kappa shape index (κ3) is 1.74. The van der Waals surface area contributed by atoms with Crippen molar-refractivity contribution in [3.63, 3.8) is 0 Å². The molecule has 3 nitrogen and oxygen atoms in total. The highest BCUT2D eigenvalue weighted by Gasteiger charge is 2.14. The maximum absolute atomic E-state index is 12.8. The zero-order chi connectivity index (χ0) is 10.0. The smallest absolute Gasteiger partial charge is 0.251 e. The molecule has 0 atom stereocenters. The molecule has 0 bridgehead atoms. The van der Waals surface area contributed by atoms with Crippen LogP contribution in [-0.2, 0) is 0 Å². The lowest BCUT2D eigenvalue weighted by Crippen LogP contribution is -2.14. The van der Waals surface area contributed by atoms with Gasteiger partial charge >= 0.3 is 0 Å². The topological polar surface area (TPSA) is 52.3 Å². The number of hydrogen-bond acceptors (Lipinski definition) is 2. The fourth-order valence-corrected chi connectivity index (χ4v) is 0.861. The zero-order valence-electron chi connectivity index (χ0n) is 6.80. The minimum absolute atomic E-state index is 0.0488. The maximum Gasteiger partial charge on any atom is 0.251 e. The van der Waals surface area contributed by atoms with E-state index >= 15 is 0 Å². The molecule has 1 amide bonds. The summed E-state index contributed by atoms with van der Waals surface area (Å²) in [6.07, 6.45) is 0. The van der Waals surface area contributed by atoms with E-state index < -0.39 is 23.1 Å². The number of primary amides is 1. The molecule has 2 N–H and O–H groups in total. The van der Waals surface area contributed by atoms with Crippen molar-refractivity contribution >= 4 is 5.91 Å². The van der Waals surface area contributed by atoms with Gasteiger partial charge in [0.25, 0.3) is 5.91 Å². The highest BCUT2D eigenvalue weighted by molar-refractivity contribution is 5.93. The molecule has 13 heavy (non-hydrogen) atoms. The lowest BCUT2D eigenvalue weighted by Gasteiger charge is -2.03. The van der Waals surface area contributed by atoms with Gasteiger partial charge in [-0.05, 0) is 6.07 Å². The predicted molar refractivity (Wildman–Crippen MR) is 41.4 cm³/mol. The van der Waals surface area contributed by atoms with Gasteiger partial charge in [0.2, 0.25) is 0 Å². The number of halogens is 2. The molecule has 0 aliphatic heterocycles. The Morgan fingerprint density at radius 1 is 1.46 bits per heavy atom. The standard InChI is InChI=1S/C8H7F2NO2/c1-13-4-2-5(8(11)12)7(10)6(9)3-4/h2-3H,1H3,(H2,11,12). The van der Waals surface area contributed by atoms with E-state index in [1.54, 1.807) is 0 Å². The van der Waals surface area contributed by atoms with Crippen LogP contribution in [0.3, 0.4) is 0 Å². The van der Waals surface area contributed by atoms with Gasteiger partial charge in [-0.1, -0.05) is 0 Å². The summed E-state index contributed by atoms with van der Waals surface area (Å²) < 4.78 is 30.2. The van der Waals surface area contributed by atoms with Crippen LogP contribution >= 0.6 is 0 Å². The summed E-state index contributed by atoms with van der Waals surface area (Å²) >= 11 is 0. The molecule has 0 aliphatic carbocycles. The van der Waals surface area contributed by atoms with Gasteiger partial charge in [0.05, 0.1) is 12.7 Å². The van der Waals surface area contributed by atoms with E-state index in [0.717, 1.165) is 12.1 Å². The Morgan fingerprint density at radius 2 is 2.08 bits per heavy atom. The molecule has 1 aromatic carbocycles. The first-order valence-electron chi connectivity index (χ1n) is 3.39. The number of hydrogen-bond donors (Lipinski definition) is 1. The van der Waals surface area contributed by atoms with Gasteiger partial charge in [0, 0.05) is 6.07 Å². The Morgan fingerprint density at radius 3 is 2.54 bits per heavy atom. The van der Waals surface area contributed by atoms with Gasteiger partial charge in [-0.2, -0.15) is 0 Å². The van der Waals surface area contributed by atoms with Crippen molar-refractivity contribution in [2.45, 2.75) is 0 Å². The largest absolute Gasteiger partial charge is 0.497 e. The van der Waals surface area contributed by atoms with Crippen LogP contribution in [0.1, 0.15) is 10.4 Å². The molecule has 0 spiro atoms. The third-order valence-electron chi connectivity index (χ3n) is 1.50. The van der Waals surface area contributed by atoms with Gasteiger partial charge < -0.3 is 10.5 Å². The SMILES string of the molecule is COc1cc(F)c(F)c(C(N)=O)c1. The average molecular weight is 187 g/mol. The number of methoxy groups -OCH3 is 1. The molecule has 0 saturated carbocycles. The summed E-state index contributed by atoms with van der Waals surface area (Å²) in [5.41, 5.74) is 4.29. The van der Waals surface area contributed by atoms with Crippen molar-refractivity contribution in [1.29, 1.82) is 0 Å². The van der Waals surface area contributed by atoms with E-state index in [1.165, 1.54) is 7.11 Å². The third-order valence-corrected chi connectivity index (χ3v) is 1.50. The first kappa shape index (κ1) is 9.44. The summed E-state index contributed by atoms with van der Waals surface area (Å²) in [7, 11) is 1.28. The Labute approximate surface area is 73.1 Å². The normalized spacial score (nSPS) is 9.77. The van der Waals surface area contributed by atoms with Crippen LogP contribution in [-0.4, -0.2) is 13.0 Å². The second kappa shape index (κ2) is 3.38. The number of benzene rings is 1. The Hall–Kier alpha value is -1.65. The van der Waals surface area contributed by atoms with E-state index in [2.05, 4.69) is 4.74 Å². The van der Waals surface area contributed by atoms with Gasteiger partial charge in [-0.25, -0.2) is 8.78 Å². The molecular weight excluding hydrogens is 180 g/mol. The van der Waals surface area contributed by atoms with E-state index in [-0.39, 0.29) is 5.75 Å². The predicted octanol–water partition coefficient (Wildman–Crippen LogP) is 1.07. The fraction of sp³-hybridized carbons (Fsp3) is 0.125. The van der Waals surface area contributed by atoms with Gasteiger partial charge in [0.15, 0.2) is 11.6 Å². The summed E-state index contributed by atoms with van der Waals surface area (Å²) in [6.45, 7) is 0. The van der Waals surface area contributed by atoms with Crippen LogP contribution in [0, 0.1) is 11.6 Å². The maximum atomic E-state index is 12.8. The first-order valence-corrected chi connectivity index (χ1v) is 3.39. The molecule has 0 radical (unpaired) electrons. The molecule has 0 aliphatic rings. The van der Waals surface area contributed by atoms with Crippen molar-refractivity contribution in [2.24, 2.45) is 5.73 Å². The fourth-order valence-electron chi connectivity index (χ4n) is 0.861. The Kier molecular flexibility index (Phi) is 2.46. The highest BCUT2D eigenvalue weighted by atomic mass is 19.2. The highest BCUT2D eigenvalue weighted by Crippen LogP contribution is 2.19. The first-order chi connectivity index (χ1) is 6.06. The number of carbonyl (C=O) groups is 1. The molecule has 0 saturated heterocycles. The number of carbonyl (C=O) groups excluding carboxylic acids is 1. The lowest BCUT2D eigenvalue weighted by atomic mass is 10.2. The van der Waals surface area contributed by atoms with Crippen molar-refractivity contribution in [3.05, 3.63) is 29.3 Å². The van der Waals surface area contributed by atoms with Crippen molar-refractivity contribution in [1.82, 2.24) is 0 Å². The lowest BCUT2D eigenvalue weighted by molar-refractivity contribution is 0.0995. The quantitative estimate of drug-likeness (QED) is 0.752. The summed E-state index contributed by atoms with van der Waals surface area (Å²) in [4.78, 5) is 10.6. The number of amides is 1. The molecule has 0 unspecified atom stereocenters. The minimum atomic E-state index is -1.26. The Bertz CT molecular complexity index is 352. The van der Waals surface area contributed by atoms with E-state index in [9.17, 15) is 13.6 Å². The second-order valence-corrected chi connectivity index (χ2v) is 2.34. The van der Waals surface area contributed by atoms with Gasteiger partial charge in [-0.3, -0.25) is 4.79 Å². The number of ether oxygens (including phenoxy) is 1. The van der Waals surface area contributed by atoms with Crippen LogP contribution in [0.4, 0.5) is 8.78 Å². The van der Waals surface area contributed by atoms with Crippen LogP contribution in [0.2, 0.25) is 0 Å². The van der Waals surface area contributed by atoms with Crippen LogP contribution in [0.15, 0.2) is 12.1 Å². The van der Waals surface area contributed by atoms with Crippen LogP contribution < -0.4 is 10.5 Å².